The number of nitrogens with one attached hydrogen (secondary N) is 1. The van der Waals surface area contributed by atoms with E-state index < -0.39 is 23.7 Å². The molecule has 1 aliphatic heterocycles. The minimum absolute atomic E-state index is 0.177. The summed E-state index contributed by atoms with van der Waals surface area (Å²) in [5, 5.41) is 11.5. The van der Waals surface area contributed by atoms with Gasteiger partial charge in [-0.15, -0.1) is 10.2 Å². The zero-order valence-electron chi connectivity index (χ0n) is 19.2. The molecule has 0 fully saturated rings. The number of amides is 1. The molecule has 9 heteroatoms. The third-order valence-corrected chi connectivity index (χ3v) is 4.96. The van der Waals surface area contributed by atoms with Gasteiger partial charge in [-0.05, 0) is 46.1 Å². The van der Waals surface area contributed by atoms with Crippen molar-refractivity contribution in [3.05, 3.63) is 47.5 Å². The van der Waals surface area contributed by atoms with Crippen molar-refractivity contribution >= 4 is 12.1 Å². The molecule has 0 saturated carbocycles. The van der Waals surface area contributed by atoms with Crippen LogP contribution in [0.2, 0.25) is 0 Å². The highest BCUT2D eigenvalue weighted by molar-refractivity contribution is 5.77. The number of hydrogen-bond acceptors (Lipinski definition) is 7. The van der Waals surface area contributed by atoms with Gasteiger partial charge in [0.1, 0.15) is 23.4 Å². The van der Waals surface area contributed by atoms with Gasteiger partial charge in [-0.3, -0.25) is 4.79 Å². The first-order valence-electron chi connectivity index (χ1n) is 11.0. The zero-order chi connectivity index (χ0) is 23.1. The van der Waals surface area contributed by atoms with Crippen LogP contribution in [0.4, 0.5) is 4.79 Å². The number of esters is 1. The molecular weight excluding hydrogens is 412 g/mol. The molecule has 1 N–H and O–H groups in total. The van der Waals surface area contributed by atoms with Crippen LogP contribution in [0.25, 0.3) is 0 Å². The van der Waals surface area contributed by atoms with Crippen LogP contribution in [-0.4, -0.2) is 45.6 Å². The van der Waals surface area contributed by atoms with Crippen LogP contribution in [0.5, 0.6) is 0 Å². The minimum atomic E-state index is -0.640. The molecule has 3 rings (SSSR count). The van der Waals surface area contributed by atoms with Crippen molar-refractivity contribution in [3.8, 4) is 0 Å². The van der Waals surface area contributed by atoms with E-state index in [9.17, 15) is 9.59 Å². The van der Waals surface area contributed by atoms with E-state index in [-0.39, 0.29) is 12.6 Å². The van der Waals surface area contributed by atoms with Crippen molar-refractivity contribution in [2.75, 3.05) is 13.2 Å². The second kappa shape index (κ2) is 10.6. The number of hydrogen-bond donors (Lipinski definition) is 1. The first-order chi connectivity index (χ1) is 15.3. The molecule has 174 valence electrons. The molecule has 1 aliphatic rings. The summed E-state index contributed by atoms with van der Waals surface area (Å²) in [5.74, 6) is 0.332. The van der Waals surface area contributed by atoms with Crippen LogP contribution >= 0.6 is 0 Å². The lowest BCUT2D eigenvalue weighted by Gasteiger charge is -2.26. The summed E-state index contributed by atoms with van der Waals surface area (Å²) in [6.07, 6.45) is 0.873. The Hall–Kier alpha value is -2.94. The van der Waals surface area contributed by atoms with Crippen LogP contribution in [0.3, 0.4) is 0 Å². The normalized spacial score (nSPS) is 16.7. The maximum Gasteiger partial charge on any atom is 0.408 e. The molecule has 0 bridgehead atoms. The van der Waals surface area contributed by atoms with E-state index in [0.29, 0.717) is 37.8 Å². The molecule has 2 heterocycles. The second-order valence-electron chi connectivity index (χ2n) is 8.71. The van der Waals surface area contributed by atoms with Crippen molar-refractivity contribution in [1.82, 2.24) is 20.1 Å². The van der Waals surface area contributed by atoms with Crippen LogP contribution in [0.15, 0.2) is 30.3 Å². The number of benzene rings is 1. The van der Waals surface area contributed by atoms with Crippen LogP contribution in [-0.2, 0) is 32.2 Å². The number of aromatic nitrogens is 3. The Morgan fingerprint density at radius 2 is 1.97 bits per heavy atom. The average molecular weight is 445 g/mol. The van der Waals surface area contributed by atoms with E-state index in [1.807, 2.05) is 34.9 Å². The summed E-state index contributed by atoms with van der Waals surface area (Å²) < 4.78 is 18.4. The Labute approximate surface area is 188 Å². The molecule has 32 heavy (non-hydrogen) atoms. The molecule has 0 saturated heterocycles. The summed E-state index contributed by atoms with van der Waals surface area (Å²) in [6.45, 7) is 8.71. The Kier molecular flexibility index (Phi) is 7.84. The van der Waals surface area contributed by atoms with Gasteiger partial charge in [-0.2, -0.15) is 0 Å². The fraction of sp³-hybridized carbons (Fsp3) is 0.565. The Balaban J connectivity index is 1.79. The SMILES string of the molecule is CCOC(=O)C1CCCn2c1nnc2[C@@H](COCc1ccccc1)NC(=O)OC(C)(C)C. The lowest BCUT2D eigenvalue weighted by Crippen LogP contribution is -2.38. The lowest BCUT2D eigenvalue weighted by atomic mass is 9.99. The molecule has 1 aromatic carbocycles. The second-order valence-corrected chi connectivity index (χ2v) is 8.71. The van der Waals surface area contributed by atoms with Gasteiger partial charge >= 0.3 is 12.1 Å². The van der Waals surface area contributed by atoms with E-state index >= 15 is 0 Å². The van der Waals surface area contributed by atoms with Gasteiger partial charge in [0.05, 0.1) is 19.8 Å². The molecular formula is C23H32N4O5. The Morgan fingerprint density at radius 3 is 2.66 bits per heavy atom. The third-order valence-electron chi connectivity index (χ3n) is 4.96. The number of alkyl carbamates (subject to hydrolysis) is 1. The maximum atomic E-state index is 12.5. The largest absolute Gasteiger partial charge is 0.465 e. The monoisotopic (exact) mass is 444 g/mol. The highest BCUT2D eigenvalue weighted by Gasteiger charge is 2.34. The standard InChI is InChI=1S/C23H32N4O5/c1-5-31-21(28)17-12-9-13-27-19(17)25-26-20(27)18(24-22(29)32-23(2,3)4)15-30-14-16-10-7-6-8-11-16/h6-8,10-11,17-18H,5,9,12-15H2,1-4H3,(H,24,29)/t17?,18-/m1/s1. The number of ether oxygens (including phenoxy) is 3. The highest BCUT2D eigenvalue weighted by Crippen LogP contribution is 2.29. The van der Waals surface area contributed by atoms with E-state index in [2.05, 4.69) is 15.5 Å². The van der Waals surface area contributed by atoms with Crippen molar-refractivity contribution in [2.45, 2.75) is 71.2 Å². The quantitative estimate of drug-likeness (QED) is 0.621. The molecule has 1 unspecified atom stereocenters. The number of rotatable bonds is 8. The van der Waals surface area contributed by atoms with Crippen molar-refractivity contribution in [3.63, 3.8) is 0 Å². The molecule has 1 aromatic heterocycles. The van der Waals surface area contributed by atoms with Gasteiger partial charge in [0.15, 0.2) is 5.82 Å². The first kappa shape index (κ1) is 23.7. The summed E-state index contributed by atoms with van der Waals surface area (Å²) in [4.78, 5) is 24.9. The topological polar surface area (TPSA) is 105 Å². The third kappa shape index (κ3) is 6.29. The molecule has 9 nitrogen and oxygen atoms in total. The molecule has 1 amide bonds. The number of carbonyl (C=O) groups excluding carboxylic acids is 2. The lowest BCUT2D eigenvalue weighted by molar-refractivity contribution is -0.145. The van der Waals surface area contributed by atoms with Gasteiger partial charge in [-0.1, -0.05) is 30.3 Å². The number of carbonyl (C=O) groups is 2. The van der Waals surface area contributed by atoms with E-state index in [1.165, 1.54) is 0 Å². The molecule has 0 aliphatic carbocycles. The van der Waals surface area contributed by atoms with E-state index in [0.717, 1.165) is 12.0 Å². The van der Waals surface area contributed by atoms with E-state index in [1.54, 1.807) is 27.7 Å². The molecule has 2 aromatic rings. The number of fused-ring (bicyclic) bond motifs is 1. The Morgan fingerprint density at radius 1 is 1.22 bits per heavy atom. The van der Waals surface area contributed by atoms with Gasteiger partial charge in [0, 0.05) is 6.54 Å². The average Bonchev–Trinajstić information content (AvgIpc) is 3.17. The predicted octanol–water partition coefficient (Wildman–Crippen LogP) is 3.50. The summed E-state index contributed by atoms with van der Waals surface area (Å²) in [7, 11) is 0. The van der Waals surface area contributed by atoms with Crippen LogP contribution in [0.1, 0.15) is 69.7 Å². The van der Waals surface area contributed by atoms with Gasteiger partial charge in [0.2, 0.25) is 0 Å². The maximum absolute atomic E-state index is 12.5. The summed E-state index contributed by atoms with van der Waals surface area (Å²) >= 11 is 0. The van der Waals surface area contributed by atoms with Crippen LogP contribution in [0, 0.1) is 0 Å². The zero-order valence-corrected chi connectivity index (χ0v) is 19.2. The van der Waals surface area contributed by atoms with Gasteiger partial charge in [-0.25, -0.2) is 4.79 Å². The molecule has 0 spiro atoms. The molecule has 0 radical (unpaired) electrons. The Bertz CT molecular complexity index is 907. The van der Waals surface area contributed by atoms with Gasteiger partial charge < -0.3 is 24.1 Å². The van der Waals surface area contributed by atoms with Crippen molar-refractivity contribution in [1.29, 1.82) is 0 Å². The highest BCUT2D eigenvalue weighted by atomic mass is 16.6. The number of nitrogens with zero attached hydrogens (tertiary/aromatic N) is 3. The predicted molar refractivity (Wildman–Crippen MR) is 117 cm³/mol. The summed E-state index contributed by atoms with van der Waals surface area (Å²) in [5.41, 5.74) is 0.382. The molecule has 2 atom stereocenters. The fourth-order valence-corrected chi connectivity index (χ4v) is 3.62. The van der Waals surface area contributed by atoms with Crippen LogP contribution < -0.4 is 5.32 Å². The summed E-state index contributed by atoms with van der Waals surface area (Å²) in [6, 6.07) is 9.19. The smallest absolute Gasteiger partial charge is 0.408 e. The first-order valence-corrected chi connectivity index (χ1v) is 11.0. The van der Waals surface area contributed by atoms with E-state index in [4.69, 9.17) is 14.2 Å². The fourth-order valence-electron chi connectivity index (χ4n) is 3.62. The van der Waals surface area contributed by atoms with Crippen molar-refractivity contribution in [2.24, 2.45) is 0 Å². The van der Waals surface area contributed by atoms with Gasteiger partial charge in [0.25, 0.3) is 0 Å². The minimum Gasteiger partial charge on any atom is -0.465 e. The van der Waals surface area contributed by atoms with Crippen molar-refractivity contribution < 1.29 is 23.8 Å².